The summed E-state index contributed by atoms with van der Waals surface area (Å²) >= 11 is 0. The Hall–Kier alpha value is -2.39. The molecule has 0 aliphatic heterocycles. The number of rotatable bonds is 6. The van der Waals surface area contributed by atoms with E-state index < -0.39 is 11.5 Å². The van der Waals surface area contributed by atoms with Crippen LogP contribution >= 0.6 is 0 Å². The zero-order chi connectivity index (χ0) is 15.4. The second kappa shape index (κ2) is 6.37. The highest BCUT2D eigenvalue weighted by Gasteiger charge is 2.20. The smallest absolute Gasteiger partial charge is 0.340 e. The van der Waals surface area contributed by atoms with Crippen LogP contribution in [-0.2, 0) is 16.0 Å². The Morgan fingerprint density at radius 2 is 2.29 bits per heavy atom. The number of aromatic amines is 1. The number of carbonyl (C=O) groups excluding carboxylic acids is 1. The lowest BCUT2D eigenvalue weighted by Crippen LogP contribution is -2.15. The van der Waals surface area contributed by atoms with Gasteiger partial charge in [-0.2, -0.15) is 4.98 Å². The Bertz CT molecular complexity index is 705. The van der Waals surface area contributed by atoms with Crippen LogP contribution in [0.1, 0.15) is 10.4 Å². The van der Waals surface area contributed by atoms with Crippen molar-refractivity contribution in [2.75, 3.05) is 32.7 Å². The number of aliphatic hydroxyl groups excluding tert-OH is 1. The van der Waals surface area contributed by atoms with Gasteiger partial charge in [0.25, 0.3) is 5.56 Å². The van der Waals surface area contributed by atoms with Crippen LogP contribution in [0.5, 0.6) is 0 Å². The van der Waals surface area contributed by atoms with Gasteiger partial charge in [0.1, 0.15) is 12.3 Å². The number of fused-ring (bicyclic) bond motifs is 1. The van der Waals surface area contributed by atoms with E-state index in [1.165, 1.54) is 17.9 Å². The van der Waals surface area contributed by atoms with Crippen molar-refractivity contribution in [2.24, 2.45) is 0 Å². The summed E-state index contributed by atoms with van der Waals surface area (Å²) in [5.74, 6) is -0.727. The van der Waals surface area contributed by atoms with E-state index in [4.69, 9.17) is 20.3 Å². The van der Waals surface area contributed by atoms with Crippen LogP contribution in [0, 0.1) is 0 Å². The van der Waals surface area contributed by atoms with Crippen LogP contribution in [0.15, 0.2) is 11.0 Å². The minimum absolute atomic E-state index is 0.0657. The van der Waals surface area contributed by atoms with Gasteiger partial charge in [0.2, 0.25) is 5.95 Å². The molecule has 0 aromatic carbocycles. The molecule has 0 aliphatic rings. The van der Waals surface area contributed by atoms with Gasteiger partial charge in [-0.1, -0.05) is 0 Å². The van der Waals surface area contributed by atoms with E-state index in [0.717, 1.165) is 0 Å². The van der Waals surface area contributed by atoms with Gasteiger partial charge in [0.05, 0.1) is 24.2 Å². The van der Waals surface area contributed by atoms with Crippen LogP contribution < -0.4 is 11.3 Å². The van der Waals surface area contributed by atoms with Crippen LogP contribution in [0.3, 0.4) is 0 Å². The van der Waals surface area contributed by atoms with Gasteiger partial charge in [-0.15, -0.1) is 0 Å². The Balaban J connectivity index is 2.48. The normalized spacial score (nSPS) is 11.0. The predicted octanol–water partition coefficient (Wildman–Crippen LogP) is -0.898. The first-order valence-corrected chi connectivity index (χ1v) is 6.24. The van der Waals surface area contributed by atoms with Crippen LogP contribution in [0.2, 0.25) is 0 Å². The number of ether oxygens (including phenoxy) is 2. The molecule has 2 rings (SSSR count). The number of anilines is 1. The molecule has 2 aromatic heterocycles. The summed E-state index contributed by atoms with van der Waals surface area (Å²) in [6, 6.07) is 0. The fourth-order valence-corrected chi connectivity index (χ4v) is 1.94. The molecule has 0 spiro atoms. The van der Waals surface area contributed by atoms with Gasteiger partial charge in [-0.25, -0.2) is 4.79 Å². The van der Waals surface area contributed by atoms with Gasteiger partial charge in [-0.3, -0.25) is 9.78 Å². The van der Waals surface area contributed by atoms with Crippen molar-refractivity contribution in [3.63, 3.8) is 0 Å². The highest BCUT2D eigenvalue weighted by Crippen LogP contribution is 2.17. The van der Waals surface area contributed by atoms with Gasteiger partial charge in [-0.05, 0) is 0 Å². The molecule has 0 atom stereocenters. The van der Waals surface area contributed by atoms with Gasteiger partial charge < -0.3 is 24.9 Å². The zero-order valence-corrected chi connectivity index (χ0v) is 11.5. The number of hydrogen-bond donors (Lipinski definition) is 3. The molecule has 0 fully saturated rings. The molecule has 0 saturated heterocycles. The SMILES string of the molecule is COCCOC(=O)c1cn(CCO)c2nc(N)[nH]c(=O)c12. The first-order chi connectivity index (χ1) is 10.1. The third-order valence-electron chi connectivity index (χ3n) is 2.83. The maximum Gasteiger partial charge on any atom is 0.340 e. The fourth-order valence-electron chi connectivity index (χ4n) is 1.94. The minimum atomic E-state index is -0.661. The molecule has 4 N–H and O–H groups in total. The molecule has 0 saturated carbocycles. The molecule has 0 radical (unpaired) electrons. The number of nitrogen functional groups attached to an aromatic ring is 1. The number of aliphatic hydroxyl groups is 1. The number of nitrogens with zero attached hydrogens (tertiary/aromatic N) is 2. The minimum Gasteiger partial charge on any atom is -0.460 e. The van der Waals surface area contributed by atoms with Gasteiger partial charge in [0.15, 0.2) is 0 Å². The molecule has 0 aliphatic carbocycles. The first-order valence-electron chi connectivity index (χ1n) is 6.24. The van der Waals surface area contributed by atoms with Crippen molar-refractivity contribution in [3.05, 3.63) is 22.1 Å². The molecule has 0 unspecified atom stereocenters. The molecule has 0 amide bonds. The second-order valence-corrected chi connectivity index (χ2v) is 4.24. The van der Waals surface area contributed by atoms with Crippen molar-refractivity contribution in [1.29, 1.82) is 0 Å². The second-order valence-electron chi connectivity index (χ2n) is 4.24. The summed E-state index contributed by atoms with van der Waals surface area (Å²) in [4.78, 5) is 30.3. The predicted molar refractivity (Wildman–Crippen MR) is 74.0 cm³/mol. The number of nitrogens with one attached hydrogen (secondary N) is 1. The van der Waals surface area contributed by atoms with E-state index in [9.17, 15) is 9.59 Å². The molecule has 2 aromatic rings. The molecule has 114 valence electrons. The Morgan fingerprint density at radius 1 is 1.52 bits per heavy atom. The largest absolute Gasteiger partial charge is 0.460 e. The number of methoxy groups -OCH3 is 1. The van der Waals surface area contributed by atoms with Crippen molar-refractivity contribution in [2.45, 2.75) is 6.54 Å². The third-order valence-corrected chi connectivity index (χ3v) is 2.83. The lowest BCUT2D eigenvalue weighted by Gasteiger charge is -2.02. The number of H-pyrrole nitrogens is 1. The molecule has 9 heteroatoms. The number of esters is 1. The Labute approximate surface area is 119 Å². The molecular weight excluding hydrogens is 280 g/mol. The average Bonchev–Trinajstić information content (AvgIpc) is 2.78. The van der Waals surface area contributed by atoms with E-state index in [-0.39, 0.29) is 48.9 Å². The lowest BCUT2D eigenvalue weighted by molar-refractivity contribution is 0.0390. The van der Waals surface area contributed by atoms with E-state index in [2.05, 4.69) is 9.97 Å². The first kappa shape index (κ1) is 15.0. The fraction of sp³-hybridized carbons (Fsp3) is 0.417. The van der Waals surface area contributed by atoms with Crippen LogP contribution in [0.4, 0.5) is 5.95 Å². The highest BCUT2D eigenvalue weighted by atomic mass is 16.6. The lowest BCUT2D eigenvalue weighted by atomic mass is 10.2. The number of carbonyl (C=O) groups is 1. The number of nitrogens with two attached hydrogens (primary N) is 1. The molecule has 21 heavy (non-hydrogen) atoms. The molecular formula is C12H16N4O5. The summed E-state index contributed by atoms with van der Waals surface area (Å²) in [5, 5.41) is 9.12. The van der Waals surface area contributed by atoms with Crippen LogP contribution in [0.25, 0.3) is 11.0 Å². The summed E-state index contributed by atoms with van der Waals surface area (Å²) < 4.78 is 11.3. The summed E-state index contributed by atoms with van der Waals surface area (Å²) in [5.41, 5.74) is 5.26. The van der Waals surface area contributed by atoms with E-state index in [1.807, 2.05) is 0 Å². The maximum atomic E-state index is 12.0. The van der Waals surface area contributed by atoms with Gasteiger partial charge >= 0.3 is 5.97 Å². The summed E-state index contributed by atoms with van der Waals surface area (Å²) in [6.07, 6.45) is 1.41. The van der Waals surface area contributed by atoms with Crippen molar-refractivity contribution in [3.8, 4) is 0 Å². The van der Waals surface area contributed by atoms with Crippen LogP contribution in [-0.4, -0.2) is 52.5 Å². The number of aromatic nitrogens is 3. The molecule has 9 nitrogen and oxygen atoms in total. The molecule has 2 heterocycles. The Morgan fingerprint density at radius 3 is 2.95 bits per heavy atom. The quantitative estimate of drug-likeness (QED) is 0.465. The van der Waals surface area contributed by atoms with E-state index in [1.54, 1.807) is 0 Å². The maximum absolute atomic E-state index is 12.0. The van der Waals surface area contributed by atoms with Crippen molar-refractivity contribution < 1.29 is 19.4 Å². The monoisotopic (exact) mass is 296 g/mol. The van der Waals surface area contributed by atoms with Crippen molar-refractivity contribution in [1.82, 2.24) is 14.5 Å². The topological polar surface area (TPSA) is 132 Å². The van der Waals surface area contributed by atoms with Crippen molar-refractivity contribution >= 4 is 23.0 Å². The van der Waals surface area contributed by atoms with E-state index >= 15 is 0 Å². The summed E-state index contributed by atoms with van der Waals surface area (Å²) in [6.45, 7) is 0.332. The standard InChI is InChI=1S/C12H16N4O5/c1-20-4-5-21-11(19)7-6-16(2-3-17)9-8(7)10(18)15-12(13)14-9/h6,17H,2-5H2,1H3,(H3,13,14,15,18). The average molecular weight is 296 g/mol. The van der Waals surface area contributed by atoms with E-state index in [0.29, 0.717) is 0 Å². The third kappa shape index (κ3) is 3.03. The van der Waals surface area contributed by atoms with Gasteiger partial charge in [0, 0.05) is 19.9 Å². The Kier molecular flexibility index (Phi) is 4.55. The molecule has 0 bridgehead atoms. The summed E-state index contributed by atoms with van der Waals surface area (Å²) in [7, 11) is 1.48. The zero-order valence-electron chi connectivity index (χ0n) is 11.5. The number of hydrogen-bond acceptors (Lipinski definition) is 7. The highest BCUT2D eigenvalue weighted by molar-refractivity contribution is 6.03.